The largest absolute Gasteiger partial charge is 0.353 e. The topological polar surface area (TPSA) is 44.3 Å². The maximum absolute atomic E-state index is 4.72. The van der Waals surface area contributed by atoms with E-state index in [9.17, 15) is 0 Å². The van der Waals surface area contributed by atoms with Crippen molar-refractivity contribution in [3.05, 3.63) is 18.1 Å². The Hall–Kier alpha value is -1.20. The van der Waals surface area contributed by atoms with Gasteiger partial charge in [-0.1, -0.05) is 13.8 Å². The molecular formula is C15H27N5. The first-order chi connectivity index (χ1) is 9.56. The van der Waals surface area contributed by atoms with Gasteiger partial charge in [0.25, 0.3) is 0 Å². The van der Waals surface area contributed by atoms with E-state index in [0.29, 0.717) is 12.1 Å². The molecule has 112 valence electrons. The maximum atomic E-state index is 4.72. The number of hydrogen-bond acceptors (Lipinski definition) is 5. The van der Waals surface area contributed by atoms with E-state index in [2.05, 4.69) is 47.8 Å². The second kappa shape index (κ2) is 6.99. The summed E-state index contributed by atoms with van der Waals surface area (Å²) in [6, 6.07) is 1.10. The van der Waals surface area contributed by atoms with Gasteiger partial charge in [0, 0.05) is 51.0 Å². The highest BCUT2D eigenvalue weighted by atomic mass is 15.3. The fourth-order valence-corrected chi connectivity index (χ4v) is 2.41. The molecule has 0 saturated carbocycles. The Kier molecular flexibility index (Phi) is 5.31. The Bertz CT molecular complexity index is 410. The van der Waals surface area contributed by atoms with Crippen LogP contribution in [-0.4, -0.2) is 53.1 Å². The molecule has 0 atom stereocenters. The number of nitrogens with one attached hydrogen (secondary N) is 1. The van der Waals surface area contributed by atoms with Gasteiger partial charge in [0.1, 0.15) is 5.82 Å². The summed E-state index contributed by atoms with van der Waals surface area (Å²) in [7, 11) is 0. The van der Waals surface area contributed by atoms with Crippen LogP contribution in [0.25, 0.3) is 0 Å². The lowest BCUT2D eigenvalue weighted by Crippen LogP contribution is -2.49. The first-order valence-electron chi connectivity index (χ1n) is 7.59. The summed E-state index contributed by atoms with van der Waals surface area (Å²) < 4.78 is 0. The van der Waals surface area contributed by atoms with E-state index < -0.39 is 0 Å². The van der Waals surface area contributed by atoms with Crippen molar-refractivity contribution < 1.29 is 0 Å². The molecule has 2 rings (SSSR count). The van der Waals surface area contributed by atoms with E-state index in [1.54, 1.807) is 0 Å². The molecule has 5 nitrogen and oxygen atoms in total. The monoisotopic (exact) mass is 277 g/mol. The summed E-state index contributed by atoms with van der Waals surface area (Å²) in [6.07, 6.45) is 3.73. The quantitative estimate of drug-likeness (QED) is 0.884. The Balaban J connectivity index is 1.94. The molecule has 0 radical (unpaired) electrons. The molecule has 5 heteroatoms. The lowest BCUT2D eigenvalue weighted by Gasteiger charge is -2.37. The zero-order valence-corrected chi connectivity index (χ0v) is 13.1. The van der Waals surface area contributed by atoms with Crippen LogP contribution in [0.4, 0.5) is 5.82 Å². The van der Waals surface area contributed by atoms with Gasteiger partial charge in [-0.15, -0.1) is 0 Å². The van der Waals surface area contributed by atoms with Gasteiger partial charge in [-0.2, -0.15) is 0 Å². The Morgan fingerprint density at radius 3 is 2.40 bits per heavy atom. The Morgan fingerprint density at radius 2 is 1.80 bits per heavy atom. The first-order valence-corrected chi connectivity index (χ1v) is 7.59. The van der Waals surface area contributed by atoms with Crippen LogP contribution in [0.1, 0.15) is 33.4 Å². The molecule has 1 N–H and O–H groups in total. The van der Waals surface area contributed by atoms with E-state index in [1.807, 2.05) is 12.4 Å². The predicted molar refractivity (Wildman–Crippen MR) is 82.9 cm³/mol. The van der Waals surface area contributed by atoms with Crippen molar-refractivity contribution in [1.82, 2.24) is 20.2 Å². The zero-order valence-electron chi connectivity index (χ0n) is 13.1. The summed E-state index contributed by atoms with van der Waals surface area (Å²) >= 11 is 0. The van der Waals surface area contributed by atoms with E-state index in [1.165, 1.54) is 0 Å². The predicted octanol–water partition coefficient (Wildman–Crippen LogP) is 1.50. The van der Waals surface area contributed by atoms with Crippen LogP contribution in [0.2, 0.25) is 0 Å². The van der Waals surface area contributed by atoms with Crippen LogP contribution < -0.4 is 10.2 Å². The average Bonchev–Trinajstić information content (AvgIpc) is 2.45. The summed E-state index contributed by atoms with van der Waals surface area (Å²) in [6.45, 7) is 13.9. The van der Waals surface area contributed by atoms with Gasteiger partial charge >= 0.3 is 0 Å². The SMILES string of the molecule is CC(C)NCc1cncc(N2CCN(C(C)C)CC2)n1. The highest BCUT2D eigenvalue weighted by Gasteiger charge is 2.19. The standard InChI is InChI=1S/C15H27N5/c1-12(2)17-10-14-9-16-11-15(18-14)20-7-5-19(6-8-20)13(3)4/h9,11-13,17H,5-8,10H2,1-4H3. The molecule has 20 heavy (non-hydrogen) atoms. The van der Waals surface area contributed by atoms with Gasteiger partial charge in [0.15, 0.2) is 0 Å². The second-order valence-electron chi connectivity index (χ2n) is 6.02. The third-order valence-corrected chi connectivity index (χ3v) is 3.73. The minimum atomic E-state index is 0.468. The van der Waals surface area contributed by atoms with E-state index in [-0.39, 0.29) is 0 Å². The summed E-state index contributed by atoms with van der Waals surface area (Å²) in [4.78, 5) is 13.9. The van der Waals surface area contributed by atoms with Crippen molar-refractivity contribution >= 4 is 5.82 Å². The van der Waals surface area contributed by atoms with Crippen LogP contribution in [-0.2, 0) is 6.54 Å². The Morgan fingerprint density at radius 1 is 1.10 bits per heavy atom. The molecule has 0 amide bonds. The van der Waals surface area contributed by atoms with Crippen molar-refractivity contribution in [1.29, 1.82) is 0 Å². The molecule has 1 aromatic rings. The normalized spacial score (nSPS) is 17.2. The van der Waals surface area contributed by atoms with Crippen molar-refractivity contribution in [2.75, 3.05) is 31.1 Å². The van der Waals surface area contributed by atoms with Crippen LogP contribution in [0.15, 0.2) is 12.4 Å². The molecule has 1 aliphatic heterocycles. The molecule has 1 aliphatic rings. The molecule has 0 unspecified atom stereocenters. The van der Waals surface area contributed by atoms with Crippen molar-refractivity contribution in [2.24, 2.45) is 0 Å². The van der Waals surface area contributed by atoms with Crippen molar-refractivity contribution in [3.8, 4) is 0 Å². The zero-order chi connectivity index (χ0) is 14.5. The van der Waals surface area contributed by atoms with E-state index in [4.69, 9.17) is 4.98 Å². The van der Waals surface area contributed by atoms with Crippen LogP contribution in [0.5, 0.6) is 0 Å². The molecule has 1 aromatic heterocycles. The number of anilines is 1. The van der Waals surface area contributed by atoms with Crippen molar-refractivity contribution in [3.63, 3.8) is 0 Å². The molecule has 2 heterocycles. The second-order valence-corrected chi connectivity index (χ2v) is 6.02. The highest BCUT2D eigenvalue weighted by Crippen LogP contribution is 2.14. The molecule has 0 aliphatic carbocycles. The maximum Gasteiger partial charge on any atom is 0.147 e. The number of nitrogens with zero attached hydrogens (tertiary/aromatic N) is 4. The van der Waals surface area contributed by atoms with Crippen LogP contribution in [0.3, 0.4) is 0 Å². The van der Waals surface area contributed by atoms with E-state index >= 15 is 0 Å². The Labute approximate surface area is 122 Å². The summed E-state index contributed by atoms with van der Waals surface area (Å²) in [5.41, 5.74) is 1.02. The van der Waals surface area contributed by atoms with Gasteiger partial charge in [-0.05, 0) is 13.8 Å². The van der Waals surface area contributed by atoms with Crippen molar-refractivity contribution in [2.45, 2.75) is 46.3 Å². The average molecular weight is 277 g/mol. The third-order valence-electron chi connectivity index (χ3n) is 3.73. The number of rotatable bonds is 5. The smallest absolute Gasteiger partial charge is 0.147 e. The summed E-state index contributed by atoms with van der Waals surface area (Å²) in [5, 5.41) is 3.38. The molecule has 0 aromatic carbocycles. The fraction of sp³-hybridized carbons (Fsp3) is 0.733. The van der Waals surface area contributed by atoms with Gasteiger partial charge < -0.3 is 10.2 Å². The van der Waals surface area contributed by atoms with Gasteiger partial charge in [0.05, 0.1) is 11.9 Å². The number of hydrogen-bond donors (Lipinski definition) is 1. The summed E-state index contributed by atoms with van der Waals surface area (Å²) in [5.74, 6) is 1.01. The van der Waals surface area contributed by atoms with Crippen LogP contribution in [0, 0.1) is 0 Å². The minimum Gasteiger partial charge on any atom is -0.353 e. The van der Waals surface area contributed by atoms with Gasteiger partial charge in [0.2, 0.25) is 0 Å². The lowest BCUT2D eigenvalue weighted by molar-refractivity contribution is 0.209. The fourth-order valence-electron chi connectivity index (χ4n) is 2.41. The minimum absolute atomic E-state index is 0.468. The lowest BCUT2D eigenvalue weighted by atomic mass is 10.2. The molecule has 0 spiro atoms. The molecule has 0 bridgehead atoms. The van der Waals surface area contributed by atoms with E-state index in [0.717, 1.165) is 44.2 Å². The van der Waals surface area contributed by atoms with Gasteiger partial charge in [-0.3, -0.25) is 9.88 Å². The van der Waals surface area contributed by atoms with Crippen LogP contribution >= 0.6 is 0 Å². The number of aromatic nitrogens is 2. The molecule has 1 saturated heterocycles. The highest BCUT2D eigenvalue weighted by molar-refractivity contribution is 5.37. The van der Waals surface area contributed by atoms with Gasteiger partial charge in [-0.25, -0.2) is 4.98 Å². The molecule has 1 fully saturated rings. The third kappa shape index (κ3) is 4.15. The number of piperazine rings is 1. The first kappa shape index (κ1) is 15.2. The molecular weight excluding hydrogens is 250 g/mol.